The molecule has 0 bridgehead atoms. The summed E-state index contributed by atoms with van der Waals surface area (Å²) >= 11 is 0.757. The van der Waals surface area contributed by atoms with Gasteiger partial charge in [0, 0.05) is 21.1 Å². The van der Waals surface area contributed by atoms with E-state index < -0.39 is 0 Å². The molecule has 0 saturated carbocycles. The van der Waals surface area contributed by atoms with E-state index in [-0.39, 0.29) is 21.1 Å². The molecule has 0 aliphatic heterocycles. The summed E-state index contributed by atoms with van der Waals surface area (Å²) in [6, 6.07) is 0. The molecular weight excluding hydrogens is 330 g/mol. The normalized spacial score (nSPS) is 5.50. The fourth-order valence-electron chi connectivity index (χ4n) is 0. The van der Waals surface area contributed by atoms with Crippen LogP contribution in [0, 0.1) is 0 Å². The Morgan fingerprint density at radius 1 is 1.25 bits per heavy atom. The van der Waals surface area contributed by atoms with Crippen LogP contribution in [0.15, 0.2) is 0 Å². The summed E-state index contributed by atoms with van der Waals surface area (Å²) in [5.41, 5.74) is 0. The van der Waals surface area contributed by atoms with Crippen molar-refractivity contribution in [1.29, 1.82) is 0 Å². The first-order chi connectivity index (χ1) is 1.41. The molecule has 0 heterocycles. The van der Waals surface area contributed by atoms with Gasteiger partial charge in [-0.3, -0.25) is 0 Å². The van der Waals surface area contributed by atoms with Gasteiger partial charge in [0.2, 0.25) is 0 Å². The summed E-state index contributed by atoms with van der Waals surface area (Å²) in [7, 11) is 9.34. The predicted octanol–water partition coefficient (Wildman–Crippen LogP) is 1.37. The molecule has 0 aromatic carbocycles. The van der Waals surface area contributed by atoms with Gasteiger partial charge in [-0.1, -0.05) is 0 Å². The van der Waals surface area contributed by atoms with Gasteiger partial charge in [0.15, 0.2) is 0 Å². The summed E-state index contributed by atoms with van der Waals surface area (Å²) in [6.07, 6.45) is 0. The molecule has 0 saturated heterocycles. The third kappa shape index (κ3) is 9.21. The second kappa shape index (κ2) is 8.84. The van der Waals surface area contributed by atoms with Crippen molar-refractivity contribution in [3.05, 3.63) is 0 Å². The molecule has 0 aliphatic carbocycles. The molecule has 0 amide bonds. The van der Waals surface area contributed by atoms with Crippen molar-refractivity contribution in [2.24, 2.45) is 0 Å². The molecule has 0 unspecified atom stereocenters. The van der Waals surface area contributed by atoms with Crippen molar-refractivity contribution < 1.29 is 34.2 Å². The van der Waals surface area contributed by atoms with E-state index in [1.54, 1.807) is 0 Å². The molecule has 4 heteroatoms. The molecule has 0 aromatic rings. The molecule has 4 heavy (non-hydrogen) atoms. The van der Waals surface area contributed by atoms with E-state index in [1.807, 2.05) is 0 Å². The molecule has 0 atom stereocenters. The third-order valence-corrected chi connectivity index (χ3v) is 0. The molecule has 35 valence electrons. The van der Waals surface area contributed by atoms with Gasteiger partial charge in [-0.25, -0.2) is 0 Å². The average molecular weight is 330 g/mol. The zero-order valence-corrected chi connectivity index (χ0v) is 6.10. The maximum atomic E-state index is 4.67. The quantitative estimate of drug-likeness (QED) is 0.589. The third-order valence-electron chi connectivity index (χ3n) is 0. The molecule has 0 nitrogen and oxygen atoms in total. The first-order valence-electron chi connectivity index (χ1n) is 0.228. The zero-order chi connectivity index (χ0) is 2.71. The van der Waals surface area contributed by atoms with Gasteiger partial charge in [-0.15, -0.1) is 0 Å². The van der Waals surface area contributed by atoms with Crippen LogP contribution in [-0.2, 0) is 34.2 Å². The van der Waals surface area contributed by atoms with E-state index in [1.165, 1.54) is 0 Å². The second-order valence-electron chi connectivity index (χ2n) is 0.0431. The van der Waals surface area contributed by atoms with Crippen molar-refractivity contribution in [2.45, 2.75) is 0 Å². The van der Waals surface area contributed by atoms with E-state index in [4.69, 9.17) is 0 Å². The number of hydrogen-bond acceptors (Lipinski definition) is 0. The number of hydrogen-bond donors (Lipinski definition) is 0. The fraction of sp³-hybridized carbons (Fsp3) is 0. The van der Waals surface area contributed by atoms with Crippen molar-refractivity contribution in [3.8, 4) is 0 Å². The van der Waals surface area contributed by atoms with E-state index in [9.17, 15) is 0 Å². The Morgan fingerprint density at radius 3 is 1.25 bits per heavy atom. The van der Waals surface area contributed by atoms with Gasteiger partial charge in [-0.2, -0.15) is 0 Å². The van der Waals surface area contributed by atoms with Crippen LogP contribution in [0.5, 0.6) is 0 Å². The Kier molecular flexibility index (Phi) is 20.4. The topological polar surface area (TPSA) is 0 Å². The van der Waals surface area contributed by atoms with Crippen molar-refractivity contribution in [2.75, 3.05) is 0 Å². The molecular formula is Cl2CuPt. The summed E-state index contributed by atoms with van der Waals surface area (Å²) < 4.78 is 0. The first kappa shape index (κ1) is 9.25. The van der Waals surface area contributed by atoms with E-state index in [0.29, 0.717) is 0 Å². The van der Waals surface area contributed by atoms with Gasteiger partial charge >= 0.3 is 33.3 Å². The average Bonchev–Trinajstić information content (AvgIpc) is 0.918. The van der Waals surface area contributed by atoms with Crippen molar-refractivity contribution >= 4 is 20.2 Å². The van der Waals surface area contributed by atoms with Crippen LogP contribution in [-0.4, -0.2) is 0 Å². The maximum Gasteiger partial charge on any atom is 0 e. The number of rotatable bonds is 0. The SMILES string of the molecule is [Cl][Cu][Cl].[Pt]. The predicted molar refractivity (Wildman–Crippen MR) is 11.7 cm³/mol. The first-order valence-corrected chi connectivity index (χ1v) is 2.82. The molecule has 0 aromatic heterocycles. The van der Waals surface area contributed by atoms with Crippen LogP contribution in [0.3, 0.4) is 0 Å². The van der Waals surface area contributed by atoms with Crippen LogP contribution >= 0.6 is 20.2 Å². The van der Waals surface area contributed by atoms with Gasteiger partial charge in [-0.05, 0) is 0 Å². The van der Waals surface area contributed by atoms with Crippen LogP contribution in [0.4, 0.5) is 0 Å². The molecule has 0 N–H and O–H groups in total. The minimum atomic E-state index is 0. The molecule has 0 fully saturated rings. The van der Waals surface area contributed by atoms with E-state index in [0.717, 1.165) is 13.1 Å². The Morgan fingerprint density at radius 2 is 1.25 bits per heavy atom. The molecule has 0 radical (unpaired) electrons. The summed E-state index contributed by atoms with van der Waals surface area (Å²) in [6.45, 7) is 0. The maximum absolute atomic E-state index is 4.67. The standard InChI is InChI=1S/2ClH.Cu.Pt/h2*1H;;/q;;+2;/p-2. The minimum absolute atomic E-state index is 0. The Balaban J connectivity index is 0. The van der Waals surface area contributed by atoms with Crippen LogP contribution in [0.1, 0.15) is 0 Å². The Labute approximate surface area is 54.1 Å². The van der Waals surface area contributed by atoms with Crippen molar-refractivity contribution in [1.82, 2.24) is 0 Å². The molecule has 0 rings (SSSR count). The largest absolute Gasteiger partial charge is 0 e. The fourth-order valence-corrected chi connectivity index (χ4v) is 0. The monoisotopic (exact) mass is 328 g/mol. The summed E-state index contributed by atoms with van der Waals surface area (Å²) in [5.74, 6) is 0. The van der Waals surface area contributed by atoms with Gasteiger partial charge in [0.05, 0.1) is 0 Å². The van der Waals surface area contributed by atoms with Gasteiger partial charge in [0.25, 0.3) is 0 Å². The molecule has 0 spiro atoms. The van der Waals surface area contributed by atoms with Crippen LogP contribution in [0.2, 0.25) is 0 Å². The smallest absolute Gasteiger partial charge is 0 e. The summed E-state index contributed by atoms with van der Waals surface area (Å²) in [4.78, 5) is 0. The van der Waals surface area contributed by atoms with Crippen LogP contribution in [0.25, 0.3) is 0 Å². The van der Waals surface area contributed by atoms with E-state index >= 15 is 0 Å². The Bertz CT molecular complexity index is 6.00. The van der Waals surface area contributed by atoms with Crippen molar-refractivity contribution in [3.63, 3.8) is 0 Å². The number of halogens is 2. The van der Waals surface area contributed by atoms with E-state index in [2.05, 4.69) is 20.2 Å². The zero-order valence-electron chi connectivity index (χ0n) is 1.37. The Hall–Kier alpha value is 1.79. The van der Waals surface area contributed by atoms with Gasteiger partial charge < -0.3 is 0 Å². The minimum Gasteiger partial charge on any atom is 0 e. The second-order valence-corrected chi connectivity index (χ2v) is 1.60. The van der Waals surface area contributed by atoms with Gasteiger partial charge in [0.1, 0.15) is 0 Å². The summed E-state index contributed by atoms with van der Waals surface area (Å²) in [5, 5.41) is 0. The molecule has 0 aliphatic rings. The van der Waals surface area contributed by atoms with Crippen LogP contribution < -0.4 is 0 Å².